The molecule has 0 fully saturated rings. The second kappa shape index (κ2) is 9.66. The van der Waals surface area contributed by atoms with E-state index >= 15 is 0 Å². The van der Waals surface area contributed by atoms with Gasteiger partial charge in [-0.1, -0.05) is 22.9 Å². The number of hydrogen-bond donors (Lipinski definition) is 1. The highest BCUT2D eigenvalue weighted by Crippen LogP contribution is 2.28. The van der Waals surface area contributed by atoms with Crippen LogP contribution >= 0.6 is 15.9 Å². The van der Waals surface area contributed by atoms with Gasteiger partial charge in [-0.15, -0.1) is 0 Å². The third-order valence-electron chi connectivity index (χ3n) is 3.09. The van der Waals surface area contributed by atoms with Crippen LogP contribution in [0.25, 0.3) is 0 Å². The number of halogens is 1. The number of nitrogens with one attached hydrogen (secondary N) is 1. The molecule has 0 heterocycles. The fourth-order valence-corrected chi connectivity index (χ4v) is 2.52. The molecule has 1 atom stereocenters. The Morgan fingerprint density at radius 3 is 2.43 bits per heavy atom. The van der Waals surface area contributed by atoms with Crippen LogP contribution in [0.1, 0.15) is 44.0 Å². The summed E-state index contributed by atoms with van der Waals surface area (Å²) >= 11 is 3.41. The van der Waals surface area contributed by atoms with Crippen molar-refractivity contribution >= 4 is 21.8 Å². The van der Waals surface area contributed by atoms with Gasteiger partial charge in [0.15, 0.2) is 11.5 Å². The number of amides is 1. The van der Waals surface area contributed by atoms with Crippen LogP contribution in [0.3, 0.4) is 0 Å². The van der Waals surface area contributed by atoms with E-state index in [1.165, 1.54) is 0 Å². The summed E-state index contributed by atoms with van der Waals surface area (Å²) in [5.41, 5.74) is 0.593. The number of ether oxygens (including phenoxy) is 2. The molecule has 1 unspecified atom stereocenters. The molecule has 0 aromatic heterocycles. The first-order chi connectivity index (χ1) is 10.2. The number of carbonyl (C=O) groups excluding carboxylic acids is 1. The molecule has 0 aliphatic rings. The molecule has 0 aliphatic heterocycles. The van der Waals surface area contributed by atoms with Crippen molar-refractivity contribution in [1.82, 2.24) is 5.32 Å². The summed E-state index contributed by atoms with van der Waals surface area (Å²) in [6.07, 6.45) is 1.82. The summed E-state index contributed by atoms with van der Waals surface area (Å²) in [6, 6.07) is 5.47. The van der Waals surface area contributed by atoms with Crippen LogP contribution in [-0.4, -0.2) is 30.5 Å². The molecule has 0 aliphatic carbocycles. The average molecular weight is 358 g/mol. The summed E-state index contributed by atoms with van der Waals surface area (Å²) in [5.74, 6) is 1.20. The summed E-state index contributed by atoms with van der Waals surface area (Å²) in [5, 5.41) is 3.91. The van der Waals surface area contributed by atoms with Crippen molar-refractivity contribution in [1.29, 1.82) is 0 Å². The van der Waals surface area contributed by atoms with Gasteiger partial charge in [-0.2, -0.15) is 0 Å². The van der Waals surface area contributed by atoms with Crippen molar-refractivity contribution in [2.24, 2.45) is 0 Å². The average Bonchev–Trinajstić information content (AvgIpc) is 2.48. The normalized spacial score (nSPS) is 11.8. The first-order valence-electron chi connectivity index (χ1n) is 7.42. The van der Waals surface area contributed by atoms with Crippen LogP contribution in [0.4, 0.5) is 0 Å². The van der Waals surface area contributed by atoms with Gasteiger partial charge in [-0.05, 0) is 44.9 Å². The van der Waals surface area contributed by atoms with Gasteiger partial charge in [0.2, 0.25) is 0 Å². The summed E-state index contributed by atoms with van der Waals surface area (Å²) in [6.45, 7) is 6.99. The van der Waals surface area contributed by atoms with Crippen molar-refractivity contribution in [2.45, 2.75) is 39.7 Å². The Morgan fingerprint density at radius 2 is 1.86 bits per heavy atom. The first-order valence-corrected chi connectivity index (χ1v) is 8.54. The standard InChI is InChI=1S/C16H24BrNO3/c1-4-13(9-10-17)18-16(19)12-7-8-14(20-5-2)15(11-12)21-6-3/h7-8,11,13H,4-6,9-10H2,1-3H3,(H,18,19). The Bertz CT molecular complexity index is 451. The predicted octanol–water partition coefficient (Wildman–Crippen LogP) is 3.78. The second-order valence-electron chi connectivity index (χ2n) is 4.58. The Balaban J connectivity index is 2.86. The van der Waals surface area contributed by atoms with E-state index < -0.39 is 0 Å². The van der Waals surface area contributed by atoms with Crippen LogP contribution in [0, 0.1) is 0 Å². The van der Waals surface area contributed by atoms with Gasteiger partial charge in [-0.25, -0.2) is 0 Å². The molecule has 0 saturated heterocycles. The van der Waals surface area contributed by atoms with E-state index in [1.807, 2.05) is 13.8 Å². The minimum Gasteiger partial charge on any atom is -0.490 e. The number of hydrogen-bond acceptors (Lipinski definition) is 3. The van der Waals surface area contributed by atoms with Gasteiger partial charge in [0.1, 0.15) is 0 Å². The van der Waals surface area contributed by atoms with E-state index in [0.717, 1.165) is 18.2 Å². The van der Waals surface area contributed by atoms with Gasteiger partial charge < -0.3 is 14.8 Å². The highest BCUT2D eigenvalue weighted by Gasteiger charge is 2.14. The van der Waals surface area contributed by atoms with E-state index in [-0.39, 0.29) is 11.9 Å². The zero-order chi connectivity index (χ0) is 15.7. The van der Waals surface area contributed by atoms with Crippen molar-refractivity contribution in [3.8, 4) is 11.5 Å². The van der Waals surface area contributed by atoms with Crippen molar-refractivity contribution < 1.29 is 14.3 Å². The molecule has 1 amide bonds. The summed E-state index contributed by atoms with van der Waals surface area (Å²) in [4.78, 5) is 12.3. The SMILES string of the molecule is CCOc1ccc(C(=O)NC(CC)CCBr)cc1OCC. The van der Waals surface area contributed by atoms with E-state index in [2.05, 4.69) is 28.2 Å². The Hall–Kier alpha value is -1.23. The van der Waals surface area contributed by atoms with Gasteiger partial charge in [0, 0.05) is 16.9 Å². The van der Waals surface area contributed by atoms with Gasteiger partial charge >= 0.3 is 0 Å². The molecule has 5 heteroatoms. The number of carbonyl (C=O) groups is 1. The minimum absolute atomic E-state index is 0.0770. The van der Waals surface area contributed by atoms with Crippen LogP contribution in [0.2, 0.25) is 0 Å². The Morgan fingerprint density at radius 1 is 1.19 bits per heavy atom. The van der Waals surface area contributed by atoms with Crippen molar-refractivity contribution in [3.63, 3.8) is 0 Å². The lowest BCUT2D eigenvalue weighted by atomic mass is 10.1. The topological polar surface area (TPSA) is 47.6 Å². The first kappa shape index (κ1) is 17.8. The highest BCUT2D eigenvalue weighted by atomic mass is 79.9. The van der Waals surface area contributed by atoms with E-state index in [9.17, 15) is 4.79 Å². The second-order valence-corrected chi connectivity index (χ2v) is 5.38. The van der Waals surface area contributed by atoms with Crippen molar-refractivity contribution in [3.05, 3.63) is 23.8 Å². The number of rotatable bonds is 9. The van der Waals surface area contributed by atoms with E-state index in [4.69, 9.17) is 9.47 Å². The minimum atomic E-state index is -0.0770. The van der Waals surface area contributed by atoms with Crippen LogP contribution in [0.15, 0.2) is 18.2 Å². The summed E-state index contributed by atoms with van der Waals surface area (Å²) < 4.78 is 11.0. The van der Waals surface area contributed by atoms with Crippen molar-refractivity contribution in [2.75, 3.05) is 18.5 Å². The monoisotopic (exact) mass is 357 g/mol. The van der Waals surface area contributed by atoms with Crippen LogP contribution < -0.4 is 14.8 Å². The van der Waals surface area contributed by atoms with Gasteiger partial charge in [-0.3, -0.25) is 4.79 Å². The summed E-state index contributed by atoms with van der Waals surface area (Å²) in [7, 11) is 0. The molecule has 118 valence electrons. The highest BCUT2D eigenvalue weighted by molar-refractivity contribution is 9.09. The van der Waals surface area contributed by atoms with Crippen LogP contribution in [0.5, 0.6) is 11.5 Å². The smallest absolute Gasteiger partial charge is 0.251 e. The molecule has 1 N–H and O–H groups in total. The molecule has 1 aromatic carbocycles. The largest absolute Gasteiger partial charge is 0.490 e. The Kier molecular flexibility index (Phi) is 8.20. The Labute approximate surface area is 135 Å². The molecular formula is C16H24BrNO3. The van der Waals surface area contributed by atoms with E-state index in [0.29, 0.717) is 30.3 Å². The molecule has 0 spiro atoms. The fourth-order valence-electron chi connectivity index (χ4n) is 1.97. The molecule has 0 bridgehead atoms. The zero-order valence-corrected chi connectivity index (χ0v) is 14.5. The van der Waals surface area contributed by atoms with Gasteiger partial charge in [0.25, 0.3) is 5.91 Å². The molecule has 1 aromatic rings. The molecule has 0 saturated carbocycles. The molecule has 0 radical (unpaired) electrons. The molecular weight excluding hydrogens is 334 g/mol. The van der Waals surface area contributed by atoms with Crippen LogP contribution in [-0.2, 0) is 0 Å². The van der Waals surface area contributed by atoms with E-state index in [1.54, 1.807) is 18.2 Å². The maximum absolute atomic E-state index is 12.3. The molecule has 4 nitrogen and oxygen atoms in total. The van der Waals surface area contributed by atoms with Gasteiger partial charge in [0.05, 0.1) is 13.2 Å². The zero-order valence-electron chi connectivity index (χ0n) is 12.9. The number of alkyl halides is 1. The third kappa shape index (κ3) is 5.58. The maximum Gasteiger partial charge on any atom is 0.251 e. The lowest BCUT2D eigenvalue weighted by Crippen LogP contribution is -2.34. The maximum atomic E-state index is 12.3. The quantitative estimate of drug-likeness (QED) is 0.684. The fraction of sp³-hybridized carbons (Fsp3) is 0.562. The number of benzene rings is 1. The molecule has 1 rings (SSSR count). The molecule has 21 heavy (non-hydrogen) atoms. The predicted molar refractivity (Wildman–Crippen MR) is 88.7 cm³/mol. The lowest BCUT2D eigenvalue weighted by molar-refractivity contribution is 0.0934. The third-order valence-corrected chi connectivity index (χ3v) is 3.55. The lowest BCUT2D eigenvalue weighted by Gasteiger charge is -2.17.